The SMILES string of the molecule is CCNCc1cc(F)cc(Sc2ccncn2)c1. The van der Waals surface area contributed by atoms with E-state index in [0.717, 1.165) is 22.0 Å². The number of hydrogen-bond donors (Lipinski definition) is 1. The average Bonchev–Trinajstić information content (AvgIpc) is 2.37. The summed E-state index contributed by atoms with van der Waals surface area (Å²) in [4.78, 5) is 8.81. The molecule has 0 aliphatic rings. The lowest BCUT2D eigenvalue weighted by atomic mass is 10.2. The average molecular weight is 263 g/mol. The molecule has 0 aliphatic heterocycles. The zero-order valence-electron chi connectivity index (χ0n) is 10.1. The molecule has 1 N–H and O–H groups in total. The van der Waals surface area contributed by atoms with Gasteiger partial charge in [0, 0.05) is 17.6 Å². The number of hydrogen-bond acceptors (Lipinski definition) is 4. The van der Waals surface area contributed by atoms with Crippen molar-refractivity contribution in [3.8, 4) is 0 Å². The minimum absolute atomic E-state index is 0.220. The van der Waals surface area contributed by atoms with Crippen LogP contribution >= 0.6 is 11.8 Å². The van der Waals surface area contributed by atoms with Crippen LogP contribution < -0.4 is 5.32 Å². The van der Waals surface area contributed by atoms with Gasteiger partial charge in [-0.05, 0) is 36.4 Å². The lowest BCUT2D eigenvalue weighted by molar-refractivity contribution is 0.617. The third-order valence-electron chi connectivity index (χ3n) is 2.29. The summed E-state index contributed by atoms with van der Waals surface area (Å²) in [6.07, 6.45) is 3.16. The van der Waals surface area contributed by atoms with Gasteiger partial charge in [0.05, 0.1) is 0 Å². The second kappa shape index (κ2) is 6.47. The lowest BCUT2D eigenvalue weighted by Crippen LogP contribution is -2.11. The summed E-state index contributed by atoms with van der Waals surface area (Å²) in [5, 5.41) is 3.99. The highest BCUT2D eigenvalue weighted by molar-refractivity contribution is 7.99. The molecule has 0 fully saturated rings. The summed E-state index contributed by atoms with van der Waals surface area (Å²) in [5.41, 5.74) is 0.938. The highest BCUT2D eigenvalue weighted by Gasteiger charge is 2.03. The van der Waals surface area contributed by atoms with Crippen LogP contribution in [0.1, 0.15) is 12.5 Å². The summed E-state index contributed by atoms with van der Waals surface area (Å²) in [6.45, 7) is 3.56. The Bertz CT molecular complexity index is 505. The van der Waals surface area contributed by atoms with Crippen molar-refractivity contribution in [1.29, 1.82) is 0 Å². The van der Waals surface area contributed by atoms with Crippen LogP contribution in [-0.4, -0.2) is 16.5 Å². The second-order valence-corrected chi connectivity index (χ2v) is 4.82. The first-order valence-corrected chi connectivity index (χ1v) is 6.53. The molecule has 5 heteroatoms. The molecule has 1 aromatic heterocycles. The number of nitrogens with one attached hydrogen (secondary N) is 1. The van der Waals surface area contributed by atoms with Gasteiger partial charge in [0.25, 0.3) is 0 Å². The molecule has 0 saturated carbocycles. The van der Waals surface area contributed by atoms with E-state index >= 15 is 0 Å². The molecule has 0 bridgehead atoms. The first-order chi connectivity index (χ1) is 8.78. The standard InChI is InChI=1S/C13H14FN3S/c1-2-15-8-10-5-11(14)7-12(6-10)18-13-3-4-16-9-17-13/h3-7,9,15H,2,8H2,1H3. The molecule has 1 heterocycles. The normalized spacial score (nSPS) is 10.6. The van der Waals surface area contributed by atoms with E-state index in [-0.39, 0.29) is 5.82 Å². The van der Waals surface area contributed by atoms with Crippen molar-refractivity contribution < 1.29 is 4.39 Å². The van der Waals surface area contributed by atoms with Gasteiger partial charge in [0.2, 0.25) is 0 Å². The van der Waals surface area contributed by atoms with Crippen LogP contribution in [0, 0.1) is 5.82 Å². The van der Waals surface area contributed by atoms with E-state index < -0.39 is 0 Å². The van der Waals surface area contributed by atoms with E-state index in [9.17, 15) is 4.39 Å². The molecule has 0 amide bonds. The van der Waals surface area contributed by atoms with E-state index in [0.29, 0.717) is 6.54 Å². The topological polar surface area (TPSA) is 37.8 Å². The fourth-order valence-corrected chi connectivity index (χ4v) is 2.36. The van der Waals surface area contributed by atoms with Gasteiger partial charge in [0.15, 0.2) is 0 Å². The summed E-state index contributed by atoms with van der Waals surface area (Å²) >= 11 is 1.43. The number of benzene rings is 1. The molecule has 1 aromatic carbocycles. The molecule has 0 radical (unpaired) electrons. The van der Waals surface area contributed by atoms with E-state index in [1.165, 1.54) is 24.2 Å². The van der Waals surface area contributed by atoms with Gasteiger partial charge in [-0.25, -0.2) is 14.4 Å². The minimum atomic E-state index is -0.220. The summed E-state index contributed by atoms with van der Waals surface area (Å²) < 4.78 is 13.5. The Hall–Kier alpha value is -1.46. The van der Waals surface area contributed by atoms with E-state index in [2.05, 4.69) is 15.3 Å². The molecule has 18 heavy (non-hydrogen) atoms. The van der Waals surface area contributed by atoms with Gasteiger partial charge < -0.3 is 5.32 Å². The Labute approximate surface area is 110 Å². The zero-order valence-corrected chi connectivity index (χ0v) is 10.9. The predicted octanol–water partition coefficient (Wildman–Crippen LogP) is 2.88. The van der Waals surface area contributed by atoms with Crippen LogP contribution in [0.15, 0.2) is 46.7 Å². The van der Waals surface area contributed by atoms with Gasteiger partial charge in [-0.1, -0.05) is 18.7 Å². The zero-order chi connectivity index (χ0) is 12.8. The number of rotatable bonds is 5. The molecule has 0 aliphatic carbocycles. The van der Waals surface area contributed by atoms with Gasteiger partial charge in [-0.3, -0.25) is 0 Å². The van der Waals surface area contributed by atoms with Crippen LogP contribution in [0.5, 0.6) is 0 Å². The van der Waals surface area contributed by atoms with Crippen LogP contribution in [0.4, 0.5) is 4.39 Å². The van der Waals surface area contributed by atoms with E-state index in [4.69, 9.17) is 0 Å². The molecule has 94 valence electrons. The third-order valence-corrected chi connectivity index (χ3v) is 3.21. The van der Waals surface area contributed by atoms with Gasteiger partial charge in [-0.15, -0.1) is 0 Å². The van der Waals surface area contributed by atoms with Gasteiger partial charge >= 0.3 is 0 Å². The van der Waals surface area contributed by atoms with Crippen molar-refractivity contribution in [3.63, 3.8) is 0 Å². The van der Waals surface area contributed by atoms with Crippen molar-refractivity contribution in [1.82, 2.24) is 15.3 Å². The molecule has 0 unspecified atom stereocenters. The molecular weight excluding hydrogens is 249 g/mol. The minimum Gasteiger partial charge on any atom is -0.313 e. The fraction of sp³-hybridized carbons (Fsp3) is 0.231. The van der Waals surface area contributed by atoms with E-state index in [1.54, 1.807) is 18.3 Å². The Kier molecular flexibility index (Phi) is 4.66. The van der Waals surface area contributed by atoms with Crippen molar-refractivity contribution in [2.45, 2.75) is 23.4 Å². The van der Waals surface area contributed by atoms with Gasteiger partial charge in [-0.2, -0.15) is 0 Å². The van der Waals surface area contributed by atoms with Crippen LogP contribution in [0.25, 0.3) is 0 Å². The molecule has 0 spiro atoms. The quantitative estimate of drug-likeness (QED) is 0.842. The Morgan fingerprint density at radius 1 is 1.33 bits per heavy atom. The highest BCUT2D eigenvalue weighted by atomic mass is 32.2. The number of aromatic nitrogens is 2. The molecular formula is C13H14FN3S. The van der Waals surface area contributed by atoms with Crippen molar-refractivity contribution in [3.05, 3.63) is 48.2 Å². The smallest absolute Gasteiger partial charge is 0.124 e. The van der Waals surface area contributed by atoms with Crippen LogP contribution in [-0.2, 0) is 6.54 Å². The lowest BCUT2D eigenvalue weighted by Gasteiger charge is -2.06. The second-order valence-electron chi connectivity index (χ2n) is 3.73. The maximum atomic E-state index is 13.5. The molecule has 0 atom stereocenters. The van der Waals surface area contributed by atoms with Crippen LogP contribution in [0.3, 0.4) is 0 Å². The molecule has 2 rings (SSSR count). The fourth-order valence-electron chi connectivity index (χ4n) is 1.51. The van der Waals surface area contributed by atoms with Crippen molar-refractivity contribution in [2.24, 2.45) is 0 Å². The van der Waals surface area contributed by atoms with Gasteiger partial charge in [0.1, 0.15) is 17.2 Å². The summed E-state index contributed by atoms with van der Waals surface area (Å²) in [7, 11) is 0. The Morgan fingerprint density at radius 2 is 2.22 bits per heavy atom. The Balaban J connectivity index is 2.15. The first-order valence-electron chi connectivity index (χ1n) is 5.72. The van der Waals surface area contributed by atoms with Crippen LogP contribution in [0.2, 0.25) is 0 Å². The first kappa shape index (κ1) is 13.0. The maximum Gasteiger partial charge on any atom is 0.124 e. The highest BCUT2D eigenvalue weighted by Crippen LogP contribution is 2.27. The monoisotopic (exact) mass is 263 g/mol. The summed E-state index contributed by atoms with van der Waals surface area (Å²) in [6, 6.07) is 6.84. The molecule has 3 nitrogen and oxygen atoms in total. The Morgan fingerprint density at radius 3 is 2.94 bits per heavy atom. The third kappa shape index (κ3) is 3.78. The molecule has 0 saturated heterocycles. The van der Waals surface area contributed by atoms with Crippen molar-refractivity contribution >= 4 is 11.8 Å². The molecule has 2 aromatic rings. The number of halogens is 1. The largest absolute Gasteiger partial charge is 0.313 e. The predicted molar refractivity (Wildman–Crippen MR) is 69.9 cm³/mol. The summed E-state index contributed by atoms with van der Waals surface area (Å²) in [5.74, 6) is -0.220. The maximum absolute atomic E-state index is 13.5. The number of nitrogens with zero attached hydrogens (tertiary/aromatic N) is 2. The van der Waals surface area contributed by atoms with E-state index in [1.807, 2.05) is 13.0 Å². The van der Waals surface area contributed by atoms with Crippen molar-refractivity contribution in [2.75, 3.05) is 6.54 Å².